The molecule has 154 valence electrons. The van der Waals surface area contributed by atoms with Gasteiger partial charge in [-0.25, -0.2) is 9.18 Å². The Kier molecular flexibility index (Phi) is 6.49. The zero-order valence-electron chi connectivity index (χ0n) is 15.9. The second-order valence-corrected chi connectivity index (χ2v) is 7.63. The molecule has 0 aliphatic heterocycles. The Bertz CT molecular complexity index is 1130. The van der Waals surface area contributed by atoms with Gasteiger partial charge < -0.3 is 15.4 Å². The van der Waals surface area contributed by atoms with Crippen LogP contribution in [0, 0.1) is 12.7 Å². The van der Waals surface area contributed by atoms with Gasteiger partial charge in [0.25, 0.3) is 11.8 Å². The van der Waals surface area contributed by atoms with Gasteiger partial charge in [0.15, 0.2) is 0 Å². The van der Waals surface area contributed by atoms with Crippen LogP contribution in [0.2, 0.25) is 5.02 Å². The fourth-order valence-corrected chi connectivity index (χ4v) is 3.97. The minimum absolute atomic E-state index is 0.0853. The fourth-order valence-electron chi connectivity index (χ4n) is 2.69. The maximum absolute atomic E-state index is 13.1. The van der Waals surface area contributed by atoms with Gasteiger partial charge in [0.1, 0.15) is 10.8 Å². The molecule has 0 fully saturated rings. The van der Waals surface area contributed by atoms with E-state index in [1.165, 1.54) is 37.4 Å². The van der Waals surface area contributed by atoms with Crippen LogP contribution in [0.5, 0.6) is 0 Å². The summed E-state index contributed by atoms with van der Waals surface area (Å²) in [5.41, 5.74) is 1.12. The van der Waals surface area contributed by atoms with Crippen LogP contribution in [0.4, 0.5) is 15.1 Å². The molecule has 3 aromatic rings. The molecule has 2 amide bonds. The molecule has 0 spiro atoms. The van der Waals surface area contributed by atoms with Crippen LogP contribution in [0.25, 0.3) is 0 Å². The van der Waals surface area contributed by atoms with Crippen molar-refractivity contribution in [1.29, 1.82) is 0 Å². The minimum atomic E-state index is -0.689. The molecule has 0 saturated heterocycles. The fraction of sp³-hybridized carbons (Fsp3) is 0.0952. The van der Waals surface area contributed by atoms with Crippen molar-refractivity contribution in [2.75, 3.05) is 17.7 Å². The van der Waals surface area contributed by atoms with Gasteiger partial charge in [-0.1, -0.05) is 17.7 Å². The second-order valence-electron chi connectivity index (χ2n) is 6.18. The van der Waals surface area contributed by atoms with Crippen molar-refractivity contribution in [2.45, 2.75) is 6.92 Å². The van der Waals surface area contributed by atoms with Crippen LogP contribution in [0.15, 0.2) is 48.5 Å². The Labute approximate surface area is 180 Å². The Balaban J connectivity index is 1.93. The number of anilines is 2. The number of hydrogen-bond donors (Lipinski definition) is 2. The van der Waals surface area contributed by atoms with Crippen molar-refractivity contribution in [3.8, 4) is 0 Å². The number of rotatable bonds is 5. The van der Waals surface area contributed by atoms with Crippen LogP contribution in [-0.4, -0.2) is 24.9 Å². The smallest absolute Gasteiger partial charge is 0.341 e. The first-order valence-corrected chi connectivity index (χ1v) is 9.85. The van der Waals surface area contributed by atoms with E-state index in [4.69, 9.17) is 16.3 Å². The van der Waals surface area contributed by atoms with E-state index in [0.717, 1.165) is 11.3 Å². The third kappa shape index (κ3) is 4.67. The Morgan fingerprint density at radius 3 is 2.37 bits per heavy atom. The molecule has 6 nitrogen and oxygen atoms in total. The maximum atomic E-state index is 13.1. The molecule has 0 aliphatic carbocycles. The van der Waals surface area contributed by atoms with Crippen molar-refractivity contribution in [3.63, 3.8) is 0 Å². The van der Waals surface area contributed by atoms with Crippen molar-refractivity contribution in [1.82, 2.24) is 0 Å². The van der Waals surface area contributed by atoms with E-state index in [-0.39, 0.29) is 15.4 Å². The SMILES string of the molecule is COC(=O)c1c(NC(=O)c2cccc(Cl)c2)sc(C(=O)Nc2ccc(F)cc2)c1C. The van der Waals surface area contributed by atoms with Crippen molar-refractivity contribution >= 4 is 51.4 Å². The highest BCUT2D eigenvalue weighted by atomic mass is 35.5. The molecule has 0 saturated carbocycles. The average Bonchev–Trinajstić information content (AvgIpc) is 3.05. The molecule has 0 bridgehead atoms. The number of hydrogen-bond acceptors (Lipinski definition) is 5. The Morgan fingerprint density at radius 1 is 1.03 bits per heavy atom. The highest BCUT2D eigenvalue weighted by Gasteiger charge is 2.26. The van der Waals surface area contributed by atoms with Crippen LogP contribution < -0.4 is 10.6 Å². The number of carbonyl (C=O) groups is 3. The van der Waals surface area contributed by atoms with Crippen LogP contribution in [0.3, 0.4) is 0 Å². The molecule has 0 aliphatic rings. The zero-order chi connectivity index (χ0) is 21.8. The van der Waals surface area contributed by atoms with Gasteiger partial charge in [-0.15, -0.1) is 11.3 Å². The molecule has 2 N–H and O–H groups in total. The molecule has 0 radical (unpaired) electrons. The predicted octanol–water partition coefficient (Wildman–Crippen LogP) is 5.14. The number of benzene rings is 2. The highest BCUT2D eigenvalue weighted by molar-refractivity contribution is 7.19. The average molecular weight is 447 g/mol. The molecular formula is C21H16ClFN2O4S. The van der Waals surface area contributed by atoms with E-state index >= 15 is 0 Å². The maximum Gasteiger partial charge on any atom is 0.341 e. The van der Waals surface area contributed by atoms with Gasteiger partial charge in [0.05, 0.1) is 17.6 Å². The summed E-state index contributed by atoms with van der Waals surface area (Å²) in [6.45, 7) is 1.58. The lowest BCUT2D eigenvalue weighted by Gasteiger charge is -2.06. The molecule has 0 atom stereocenters. The summed E-state index contributed by atoms with van der Waals surface area (Å²) < 4.78 is 17.9. The van der Waals surface area contributed by atoms with Crippen molar-refractivity contribution in [2.24, 2.45) is 0 Å². The zero-order valence-corrected chi connectivity index (χ0v) is 17.5. The number of methoxy groups -OCH3 is 1. The van der Waals surface area contributed by atoms with Gasteiger partial charge in [-0.3, -0.25) is 9.59 Å². The number of thiophene rings is 1. The molecule has 2 aromatic carbocycles. The number of halogens is 2. The monoisotopic (exact) mass is 446 g/mol. The summed E-state index contributed by atoms with van der Waals surface area (Å²) in [6, 6.07) is 11.6. The molecule has 1 heterocycles. The molecule has 30 heavy (non-hydrogen) atoms. The standard InChI is InChI=1S/C21H16ClFN2O4S/c1-11-16(21(28)29-2)20(25-18(26)12-4-3-5-13(22)10-12)30-17(11)19(27)24-15-8-6-14(23)7-9-15/h3-10H,1-2H3,(H,24,27)(H,25,26). The topological polar surface area (TPSA) is 84.5 Å². The van der Waals surface area contributed by atoms with Crippen LogP contribution >= 0.6 is 22.9 Å². The third-order valence-corrected chi connectivity index (χ3v) is 5.60. The number of esters is 1. The van der Waals surface area contributed by atoms with E-state index < -0.39 is 23.6 Å². The first kappa shape index (κ1) is 21.5. The number of ether oxygens (including phenoxy) is 1. The summed E-state index contributed by atoms with van der Waals surface area (Å²) >= 11 is 6.86. The minimum Gasteiger partial charge on any atom is -0.465 e. The molecule has 3 rings (SSSR count). The van der Waals surface area contributed by atoms with E-state index in [1.54, 1.807) is 25.1 Å². The summed E-state index contributed by atoms with van der Waals surface area (Å²) in [4.78, 5) is 37.8. The number of carbonyl (C=O) groups excluding carboxylic acids is 3. The Hall–Kier alpha value is -3.23. The van der Waals surface area contributed by atoms with E-state index in [9.17, 15) is 18.8 Å². The first-order chi connectivity index (χ1) is 14.3. The summed E-state index contributed by atoms with van der Waals surface area (Å²) in [5, 5.41) is 5.85. The number of amides is 2. The van der Waals surface area contributed by atoms with Gasteiger partial charge in [-0.05, 0) is 55.0 Å². The Morgan fingerprint density at radius 2 is 1.73 bits per heavy atom. The lowest BCUT2D eigenvalue weighted by atomic mass is 10.1. The van der Waals surface area contributed by atoms with Crippen LogP contribution in [0.1, 0.15) is 36.0 Å². The third-order valence-electron chi connectivity index (χ3n) is 4.16. The van der Waals surface area contributed by atoms with Crippen molar-refractivity contribution < 1.29 is 23.5 Å². The number of nitrogens with one attached hydrogen (secondary N) is 2. The molecule has 9 heteroatoms. The van der Waals surface area contributed by atoms with E-state index in [2.05, 4.69) is 10.6 Å². The van der Waals surface area contributed by atoms with Gasteiger partial charge in [-0.2, -0.15) is 0 Å². The van der Waals surface area contributed by atoms with Crippen molar-refractivity contribution in [3.05, 3.63) is 80.9 Å². The lowest BCUT2D eigenvalue weighted by Crippen LogP contribution is -2.14. The molecule has 1 aromatic heterocycles. The van der Waals surface area contributed by atoms with E-state index in [1.807, 2.05) is 0 Å². The normalized spacial score (nSPS) is 10.4. The highest BCUT2D eigenvalue weighted by Crippen LogP contribution is 2.34. The van der Waals surface area contributed by atoms with E-state index in [0.29, 0.717) is 21.8 Å². The predicted molar refractivity (Wildman–Crippen MR) is 114 cm³/mol. The van der Waals surface area contributed by atoms with Gasteiger partial charge in [0, 0.05) is 16.3 Å². The first-order valence-electron chi connectivity index (χ1n) is 8.65. The second kappa shape index (κ2) is 9.06. The molecular weight excluding hydrogens is 431 g/mol. The van der Waals surface area contributed by atoms with Crippen LogP contribution in [-0.2, 0) is 4.74 Å². The quantitative estimate of drug-likeness (QED) is 0.531. The molecule has 0 unspecified atom stereocenters. The van der Waals surface area contributed by atoms with Gasteiger partial charge in [0.2, 0.25) is 0 Å². The largest absolute Gasteiger partial charge is 0.465 e. The lowest BCUT2D eigenvalue weighted by molar-refractivity contribution is 0.0601. The summed E-state index contributed by atoms with van der Waals surface area (Å²) in [7, 11) is 1.21. The van der Waals surface area contributed by atoms with Gasteiger partial charge >= 0.3 is 5.97 Å². The summed E-state index contributed by atoms with van der Waals surface area (Å²) in [6.07, 6.45) is 0. The summed E-state index contributed by atoms with van der Waals surface area (Å²) in [5.74, 6) is -2.11.